The summed E-state index contributed by atoms with van der Waals surface area (Å²) >= 11 is 1.27. The topological polar surface area (TPSA) is 115 Å². The molecule has 162 valence electrons. The lowest BCUT2D eigenvalue weighted by Crippen LogP contribution is -2.48. The molecule has 1 saturated heterocycles. The number of morpholine rings is 1. The molecule has 9 nitrogen and oxygen atoms in total. The Morgan fingerprint density at radius 3 is 2.43 bits per heavy atom. The minimum Gasteiger partial charge on any atom is -0.452 e. The van der Waals surface area contributed by atoms with Crippen LogP contribution < -0.4 is 5.32 Å². The van der Waals surface area contributed by atoms with Gasteiger partial charge >= 0.3 is 5.97 Å². The number of ether oxygens (including phenoxy) is 2. The van der Waals surface area contributed by atoms with E-state index in [1.165, 1.54) is 39.9 Å². The van der Waals surface area contributed by atoms with Gasteiger partial charge in [0.25, 0.3) is 5.91 Å². The Kier molecular flexibility index (Phi) is 6.86. The maximum atomic E-state index is 12.8. The number of anilines is 1. The highest BCUT2D eigenvalue weighted by Gasteiger charge is 2.32. The molecule has 2 heterocycles. The van der Waals surface area contributed by atoms with E-state index in [1.807, 2.05) is 13.8 Å². The summed E-state index contributed by atoms with van der Waals surface area (Å²) in [6, 6.07) is 5.44. The first-order valence-corrected chi connectivity index (χ1v) is 11.6. The number of carbonyl (C=O) groups excluding carboxylic acids is 2. The van der Waals surface area contributed by atoms with Crippen LogP contribution in [0, 0.1) is 6.92 Å². The molecule has 2 aromatic rings. The number of esters is 1. The molecule has 0 spiro atoms. The molecular weight excluding hydrogens is 430 g/mol. The van der Waals surface area contributed by atoms with E-state index in [0.29, 0.717) is 5.13 Å². The maximum Gasteiger partial charge on any atom is 0.338 e. The highest BCUT2D eigenvalue weighted by atomic mass is 32.2. The first-order valence-electron chi connectivity index (χ1n) is 9.30. The molecule has 2 atom stereocenters. The third-order valence-corrected chi connectivity index (χ3v) is 7.04. The number of hydrogen-bond acceptors (Lipinski definition) is 8. The predicted molar refractivity (Wildman–Crippen MR) is 111 cm³/mol. The average molecular weight is 454 g/mol. The molecule has 1 aromatic carbocycles. The van der Waals surface area contributed by atoms with Gasteiger partial charge < -0.3 is 9.47 Å². The van der Waals surface area contributed by atoms with E-state index < -0.39 is 28.5 Å². The molecule has 0 bridgehead atoms. The summed E-state index contributed by atoms with van der Waals surface area (Å²) in [5, 5.41) is 4.75. The van der Waals surface area contributed by atoms with Crippen LogP contribution in [0.15, 0.2) is 34.5 Å². The average Bonchev–Trinajstić information content (AvgIpc) is 3.10. The van der Waals surface area contributed by atoms with Crippen molar-refractivity contribution in [3.8, 4) is 0 Å². The number of sulfonamides is 1. The Bertz CT molecular complexity index is 1010. The van der Waals surface area contributed by atoms with Gasteiger partial charge in [-0.2, -0.15) is 4.31 Å². The van der Waals surface area contributed by atoms with E-state index in [4.69, 9.17) is 9.47 Å². The molecule has 1 amide bonds. The first kappa shape index (κ1) is 22.3. The lowest BCUT2D eigenvalue weighted by atomic mass is 10.2. The van der Waals surface area contributed by atoms with Crippen molar-refractivity contribution >= 4 is 38.4 Å². The van der Waals surface area contributed by atoms with Crippen LogP contribution in [0.25, 0.3) is 0 Å². The number of aryl methyl sites for hydroxylation is 1. The summed E-state index contributed by atoms with van der Waals surface area (Å²) in [5.41, 5.74) is 0.930. The zero-order valence-electron chi connectivity index (χ0n) is 16.8. The quantitative estimate of drug-likeness (QED) is 0.666. The Morgan fingerprint density at radius 2 is 1.87 bits per heavy atom. The third-order valence-electron chi connectivity index (χ3n) is 4.31. The largest absolute Gasteiger partial charge is 0.452 e. The minimum absolute atomic E-state index is 0.0808. The molecule has 30 heavy (non-hydrogen) atoms. The van der Waals surface area contributed by atoms with Crippen LogP contribution in [0.4, 0.5) is 5.13 Å². The molecule has 2 unspecified atom stereocenters. The van der Waals surface area contributed by atoms with E-state index in [1.54, 1.807) is 12.3 Å². The van der Waals surface area contributed by atoms with Gasteiger partial charge in [-0.15, -0.1) is 11.3 Å². The van der Waals surface area contributed by atoms with E-state index in [-0.39, 0.29) is 35.8 Å². The highest BCUT2D eigenvalue weighted by molar-refractivity contribution is 7.89. The van der Waals surface area contributed by atoms with Crippen molar-refractivity contribution in [2.24, 2.45) is 0 Å². The van der Waals surface area contributed by atoms with Crippen LogP contribution in [-0.2, 0) is 24.3 Å². The number of benzene rings is 1. The van der Waals surface area contributed by atoms with E-state index >= 15 is 0 Å². The van der Waals surface area contributed by atoms with Crippen LogP contribution in [0.3, 0.4) is 0 Å². The molecule has 1 aliphatic rings. The lowest BCUT2D eigenvalue weighted by molar-refractivity contribution is -0.119. The standard InChI is InChI=1S/C19H23N3O6S2/c1-12-11-29-19(20-12)21-17(23)10-27-18(24)15-4-6-16(7-5-15)30(25,26)22-8-13(2)28-14(3)9-22/h4-7,11,13-14H,8-10H2,1-3H3,(H,20,21,23). The van der Waals surface area contributed by atoms with Crippen molar-refractivity contribution in [1.29, 1.82) is 0 Å². The molecule has 1 N–H and O–H groups in total. The molecule has 0 aliphatic carbocycles. The number of amides is 1. The summed E-state index contributed by atoms with van der Waals surface area (Å²) in [5.74, 6) is -1.23. The number of aromatic nitrogens is 1. The fraction of sp³-hybridized carbons (Fsp3) is 0.421. The second-order valence-corrected chi connectivity index (χ2v) is 9.82. The van der Waals surface area contributed by atoms with Gasteiger partial charge in [0.2, 0.25) is 10.0 Å². The van der Waals surface area contributed by atoms with Crippen molar-refractivity contribution < 1.29 is 27.5 Å². The van der Waals surface area contributed by atoms with Gasteiger partial charge in [-0.3, -0.25) is 10.1 Å². The summed E-state index contributed by atoms with van der Waals surface area (Å²) < 4.78 is 37.6. The number of thiazole rings is 1. The van der Waals surface area contributed by atoms with Crippen LogP contribution in [0.5, 0.6) is 0 Å². The normalized spacial score (nSPS) is 20.0. The van der Waals surface area contributed by atoms with Gasteiger partial charge in [0.1, 0.15) is 0 Å². The molecule has 0 radical (unpaired) electrons. The smallest absolute Gasteiger partial charge is 0.338 e. The maximum absolute atomic E-state index is 12.8. The Balaban J connectivity index is 1.59. The summed E-state index contributed by atoms with van der Waals surface area (Å²) in [6.07, 6.45) is -0.394. The van der Waals surface area contributed by atoms with E-state index in [2.05, 4.69) is 10.3 Å². The number of nitrogens with one attached hydrogen (secondary N) is 1. The predicted octanol–water partition coefficient (Wildman–Crippen LogP) is 2.04. The van der Waals surface area contributed by atoms with Crippen LogP contribution >= 0.6 is 11.3 Å². The summed E-state index contributed by atoms with van der Waals surface area (Å²) in [7, 11) is -3.70. The number of rotatable bonds is 6. The van der Waals surface area contributed by atoms with E-state index in [9.17, 15) is 18.0 Å². The van der Waals surface area contributed by atoms with Crippen molar-refractivity contribution in [3.63, 3.8) is 0 Å². The van der Waals surface area contributed by atoms with Gasteiger partial charge in [0.15, 0.2) is 11.7 Å². The van der Waals surface area contributed by atoms with Gasteiger partial charge in [-0.1, -0.05) is 0 Å². The fourth-order valence-electron chi connectivity index (χ4n) is 3.02. The van der Waals surface area contributed by atoms with Gasteiger partial charge in [-0.05, 0) is 45.0 Å². The van der Waals surface area contributed by atoms with Crippen molar-refractivity contribution in [2.75, 3.05) is 25.0 Å². The zero-order valence-corrected chi connectivity index (χ0v) is 18.5. The van der Waals surface area contributed by atoms with Crippen molar-refractivity contribution in [2.45, 2.75) is 37.9 Å². The Labute approximate surface area is 179 Å². The second kappa shape index (κ2) is 9.21. The number of hydrogen-bond donors (Lipinski definition) is 1. The fourth-order valence-corrected chi connectivity index (χ4v) is 5.32. The van der Waals surface area contributed by atoms with Gasteiger partial charge in [0.05, 0.1) is 28.4 Å². The molecule has 1 fully saturated rings. The van der Waals surface area contributed by atoms with Crippen LogP contribution in [-0.4, -0.2) is 61.5 Å². The Hall–Kier alpha value is -2.34. The lowest BCUT2D eigenvalue weighted by Gasteiger charge is -2.34. The molecule has 1 aromatic heterocycles. The Morgan fingerprint density at radius 1 is 1.23 bits per heavy atom. The second-order valence-electron chi connectivity index (χ2n) is 7.02. The molecule has 0 saturated carbocycles. The zero-order chi connectivity index (χ0) is 21.9. The minimum atomic E-state index is -3.70. The van der Waals surface area contributed by atoms with Crippen molar-refractivity contribution in [1.82, 2.24) is 9.29 Å². The van der Waals surface area contributed by atoms with Gasteiger partial charge in [0, 0.05) is 18.5 Å². The SMILES string of the molecule is Cc1csc(NC(=O)COC(=O)c2ccc(S(=O)(=O)N3CC(C)OC(C)C3)cc2)n1. The van der Waals surface area contributed by atoms with Gasteiger partial charge in [-0.25, -0.2) is 18.2 Å². The summed E-state index contributed by atoms with van der Waals surface area (Å²) in [4.78, 5) is 28.2. The molecule has 3 rings (SSSR count). The monoisotopic (exact) mass is 453 g/mol. The van der Waals surface area contributed by atoms with Crippen LogP contribution in [0.1, 0.15) is 29.9 Å². The van der Waals surface area contributed by atoms with Crippen molar-refractivity contribution in [3.05, 3.63) is 40.9 Å². The third kappa shape index (κ3) is 5.42. The number of nitrogens with zero attached hydrogens (tertiary/aromatic N) is 2. The van der Waals surface area contributed by atoms with E-state index in [0.717, 1.165) is 5.69 Å². The van der Waals surface area contributed by atoms with Crippen LogP contribution in [0.2, 0.25) is 0 Å². The molecule has 1 aliphatic heterocycles. The number of carbonyl (C=O) groups is 2. The molecule has 11 heteroatoms. The molecular formula is C19H23N3O6S2. The summed E-state index contributed by atoms with van der Waals surface area (Å²) in [6.45, 7) is 5.51. The highest BCUT2D eigenvalue weighted by Crippen LogP contribution is 2.21. The first-order chi connectivity index (χ1) is 14.1.